The molecule has 0 bridgehead atoms. The first kappa shape index (κ1) is 9.76. The zero-order chi connectivity index (χ0) is 9.14. The van der Waals surface area contributed by atoms with Crippen LogP contribution < -0.4 is 0 Å². The Morgan fingerprint density at radius 2 is 2.08 bits per heavy atom. The molecular weight excluding hydrogens is 282 g/mol. The third kappa shape index (κ3) is 2.33. The Bertz CT molecular complexity index is 326. The van der Waals surface area contributed by atoms with Gasteiger partial charge >= 0.3 is 0 Å². The molecule has 0 N–H and O–H groups in total. The maximum Gasteiger partial charge on any atom is 0.0992 e. The summed E-state index contributed by atoms with van der Waals surface area (Å²) in [7, 11) is 0. The standard InChI is InChI=1S/C9H7Br2N/c1-6(10)8-2-7(5-12)3-9(11)4-8/h2-4,6H,1H3. The van der Waals surface area contributed by atoms with Crippen LogP contribution in [-0.4, -0.2) is 0 Å². The van der Waals surface area contributed by atoms with Crippen LogP contribution in [0.25, 0.3) is 0 Å². The van der Waals surface area contributed by atoms with Gasteiger partial charge in [0.15, 0.2) is 0 Å². The molecule has 0 radical (unpaired) electrons. The second kappa shape index (κ2) is 4.06. The lowest BCUT2D eigenvalue weighted by Crippen LogP contribution is -1.85. The highest BCUT2D eigenvalue weighted by Gasteiger charge is 2.03. The van der Waals surface area contributed by atoms with Crippen molar-refractivity contribution in [1.82, 2.24) is 0 Å². The molecule has 0 saturated heterocycles. The van der Waals surface area contributed by atoms with Gasteiger partial charge in [0.25, 0.3) is 0 Å². The van der Waals surface area contributed by atoms with Gasteiger partial charge < -0.3 is 0 Å². The molecule has 0 amide bonds. The Morgan fingerprint density at radius 3 is 2.58 bits per heavy atom. The van der Waals surface area contributed by atoms with Crippen molar-refractivity contribution in [2.75, 3.05) is 0 Å². The lowest BCUT2D eigenvalue weighted by molar-refractivity contribution is 1.12. The monoisotopic (exact) mass is 287 g/mol. The summed E-state index contributed by atoms with van der Waals surface area (Å²) < 4.78 is 0.947. The van der Waals surface area contributed by atoms with E-state index in [4.69, 9.17) is 5.26 Å². The van der Waals surface area contributed by atoms with Crippen LogP contribution >= 0.6 is 31.9 Å². The van der Waals surface area contributed by atoms with Gasteiger partial charge in [-0.1, -0.05) is 31.9 Å². The van der Waals surface area contributed by atoms with Gasteiger partial charge in [0.2, 0.25) is 0 Å². The average Bonchev–Trinajstić information content (AvgIpc) is 2.03. The SMILES string of the molecule is CC(Br)c1cc(Br)cc(C#N)c1. The minimum Gasteiger partial charge on any atom is -0.192 e. The van der Waals surface area contributed by atoms with Crippen LogP contribution in [0.3, 0.4) is 0 Å². The molecule has 3 heteroatoms. The molecule has 0 spiro atoms. The van der Waals surface area contributed by atoms with Gasteiger partial charge in [-0.05, 0) is 30.7 Å². The minimum atomic E-state index is 0.280. The van der Waals surface area contributed by atoms with Crippen molar-refractivity contribution in [2.24, 2.45) is 0 Å². The predicted octanol–water partition coefficient (Wildman–Crippen LogP) is 3.78. The van der Waals surface area contributed by atoms with Gasteiger partial charge in [-0.3, -0.25) is 0 Å². The molecule has 62 valence electrons. The molecule has 0 aliphatic heterocycles. The molecule has 0 aromatic heterocycles. The molecule has 12 heavy (non-hydrogen) atoms. The summed E-state index contributed by atoms with van der Waals surface area (Å²) in [6.45, 7) is 2.03. The summed E-state index contributed by atoms with van der Waals surface area (Å²) in [6.07, 6.45) is 0. The fraction of sp³-hybridized carbons (Fsp3) is 0.222. The third-order valence-electron chi connectivity index (χ3n) is 1.51. The van der Waals surface area contributed by atoms with Crippen molar-refractivity contribution in [2.45, 2.75) is 11.8 Å². The highest BCUT2D eigenvalue weighted by Crippen LogP contribution is 2.25. The molecular formula is C9H7Br2N. The maximum absolute atomic E-state index is 8.68. The molecule has 0 aliphatic carbocycles. The molecule has 1 rings (SSSR count). The smallest absolute Gasteiger partial charge is 0.0992 e. The predicted molar refractivity (Wildman–Crippen MR) is 56.2 cm³/mol. The fourth-order valence-corrected chi connectivity index (χ4v) is 1.68. The van der Waals surface area contributed by atoms with E-state index in [-0.39, 0.29) is 4.83 Å². The van der Waals surface area contributed by atoms with Crippen LogP contribution in [0.5, 0.6) is 0 Å². The molecule has 1 atom stereocenters. The van der Waals surface area contributed by atoms with E-state index in [1.807, 2.05) is 19.1 Å². The van der Waals surface area contributed by atoms with E-state index in [2.05, 4.69) is 37.9 Å². The second-order valence-corrected chi connectivity index (χ2v) is 4.79. The van der Waals surface area contributed by atoms with Gasteiger partial charge in [0, 0.05) is 9.30 Å². The highest BCUT2D eigenvalue weighted by molar-refractivity contribution is 9.10. The molecule has 1 nitrogen and oxygen atoms in total. The zero-order valence-electron chi connectivity index (χ0n) is 6.51. The van der Waals surface area contributed by atoms with E-state index >= 15 is 0 Å². The molecule has 1 unspecified atom stereocenters. The Balaban J connectivity index is 3.17. The van der Waals surface area contributed by atoms with E-state index in [0.29, 0.717) is 5.56 Å². The van der Waals surface area contributed by atoms with Gasteiger partial charge in [-0.15, -0.1) is 0 Å². The molecule has 1 aromatic carbocycles. The third-order valence-corrected chi connectivity index (χ3v) is 2.50. The molecule has 0 saturated carbocycles. The summed E-state index contributed by atoms with van der Waals surface area (Å²) in [6, 6.07) is 7.80. The zero-order valence-corrected chi connectivity index (χ0v) is 9.68. The fourth-order valence-electron chi connectivity index (χ4n) is 0.907. The first-order valence-electron chi connectivity index (χ1n) is 3.48. The number of nitrogens with zero attached hydrogens (tertiary/aromatic N) is 1. The van der Waals surface area contributed by atoms with E-state index in [9.17, 15) is 0 Å². The van der Waals surface area contributed by atoms with Crippen LogP contribution in [0.15, 0.2) is 22.7 Å². The van der Waals surface area contributed by atoms with Crippen LogP contribution in [0.1, 0.15) is 22.9 Å². The van der Waals surface area contributed by atoms with Crippen molar-refractivity contribution in [3.63, 3.8) is 0 Å². The largest absolute Gasteiger partial charge is 0.192 e. The number of nitriles is 1. The van der Waals surface area contributed by atoms with Crippen LogP contribution in [0.2, 0.25) is 0 Å². The average molecular weight is 289 g/mol. The molecule has 0 fully saturated rings. The van der Waals surface area contributed by atoms with Crippen molar-refractivity contribution in [3.8, 4) is 6.07 Å². The van der Waals surface area contributed by atoms with E-state index < -0.39 is 0 Å². The van der Waals surface area contributed by atoms with Crippen molar-refractivity contribution < 1.29 is 0 Å². The van der Waals surface area contributed by atoms with Gasteiger partial charge in [-0.2, -0.15) is 5.26 Å². The summed E-state index contributed by atoms with van der Waals surface area (Å²) >= 11 is 6.80. The Morgan fingerprint density at radius 1 is 1.42 bits per heavy atom. The van der Waals surface area contributed by atoms with Gasteiger partial charge in [0.05, 0.1) is 11.6 Å². The van der Waals surface area contributed by atoms with E-state index in [0.717, 1.165) is 10.0 Å². The number of rotatable bonds is 1. The van der Waals surface area contributed by atoms with Crippen molar-refractivity contribution >= 4 is 31.9 Å². The van der Waals surface area contributed by atoms with Crippen molar-refractivity contribution in [3.05, 3.63) is 33.8 Å². The topological polar surface area (TPSA) is 23.8 Å². The Kier molecular flexibility index (Phi) is 3.30. The highest BCUT2D eigenvalue weighted by atomic mass is 79.9. The van der Waals surface area contributed by atoms with Gasteiger partial charge in [-0.25, -0.2) is 0 Å². The Hall–Kier alpha value is -0.330. The lowest BCUT2D eigenvalue weighted by Gasteiger charge is -2.04. The van der Waals surface area contributed by atoms with Crippen LogP contribution in [0.4, 0.5) is 0 Å². The first-order chi connectivity index (χ1) is 5.63. The van der Waals surface area contributed by atoms with Crippen molar-refractivity contribution in [1.29, 1.82) is 5.26 Å². The second-order valence-electron chi connectivity index (χ2n) is 2.50. The van der Waals surface area contributed by atoms with Crippen LogP contribution in [0, 0.1) is 11.3 Å². The number of hydrogen-bond donors (Lipinski definition) is 0. The first-order valence-corrected chi connectivity index (χ1v) is 5.19. The molecule has 0 aliphatic rings. The lowest BCUT2D eigenvalue weighted by atomic mass is 10.1. The molecule has 0 heterocycles. The normalized spacial score (nSPS) is 12.2. The summed E-state index contributed by atoms with van der Waals surface area (Å²) in [5.74, 6) is 0. The van der Waals surface area contributed by atoms with Gasteiger partial charge in [0.1, 0.15) is 0 Å². The Labute approximate surface area is 88.7 Å². The number of alkyl halides is 1. The summed E-state index contributed by atoms with van der Waals surface area (Å²) in [4.78, 5) is 0.280. The number of halogens is 2. The maximum atomic E-state index is 8.68. The summed E-state index contributed by atoms with van der Waals surface area (Å²) in [5.41, 5.74) is 1.80. The minimum absolute atomic E-state index is 0.280. The molecule has 1 aromatic rings. The van der Waals surface area contributed by atoms with E-state index in [1.54, 1.807) is 6.07 Å². The number of hydrogen-bond acceptors (Lipinski definition) is 1. The summed E-state index contributed by atoms with van der Waals surface area (Å²) in [5, 5.41) is 8.68. The van der Waals surface area contributed by atoms with E-state index in [1.165, 1.54) is 0 Å². The van der Waals surface area contributed by atoms with Crippen LogP contribution in [-0.2, 0) is 0 Å². The number of benzene rings is 1. The quantitative estimate of drug-likeness (QED) is 0.722.